The smallest absolute Gasteiger partial charge is 0.150 e. The third-order valence-electron chi connectivity index (χ3n) is 7.03. The highest BCUT2D eigenvalue weighted by Crippen LogP contribution is 2.36. The fraction of sp³-hybridized carbons (Fsp3) is 0.333. The molecule has 6 nitrogen and oxygen atoms in total. The fourth-order valence-corrected chi connectivity index (χ4v) is 5.05. The standard InChI is InChI=1S/C27H28N6/c1-19-6-9-25(30-16-19)33-17-22(18-33)26-27(29-13-12-28-26)32-14-10-21(11-15-32)24-8-7-20-4-2-3-5-23(20)31-24/h2-9,12-13,16,21-22H,10-11,14-15,17-18H2,1H3. The Kier molecular flexibility index (Phi) is 5.13. The van der Waals surface area contributed by atoms with Crippen LogP contribution in [0.4, 0.5) is 11.6 Å². The van der Waals surface area contributed by atoms with Crippen molar-refractivity contribution in [2.24, 2.45) is 0 Å². The van der Waals surface area contributed by atoms with E-state index in [-0.39, 0.29) is 0 Å². The Bertz CT molecular complexity index is 1260. The average molecular weight is 437 g/mol. The zero-order valence-corrected chi connectivity index (χ0v) is 18.9. The third-order valence-corrected chi connectivity index (χ3v) is 7.03. The van der Waals surface area contributed by atoms with Crippen molar-refractivity contribution in [1.82, 2.24) is 19.9 Å². The summed E-state index contributed by atoms with van der Waals surface area (Å²) in [6, 6.07) is 17.0. The number of pyridine rings is 2. The maximum atomic E-state index is 4.95. The SMILES string of the molecule is Cc1ccc(N2CC(c3nccnc3N3CCC(c4ccc5ccccc5n4)CC3)C2)nc1. The number of anilines is 2. The maximum Gasteiger partial charge on any atom is 0.150 e. The third kappa shape index (κ3) is 3.90. The van der Waals surface area contributed by atoms with Crippen LogP contribution in [0.15, 0.2) is 67.1 Å². The van der Waals surface area contributed by atoms with Gasteiger partial charge in [-0.1, -0.05) is 30.3 Å². The van der Waals surface area contributed by atoms with Crippen LogP contribution in [-0.2, 0) is 0 Å². The number of aromatic nitrogens is 4. The second-order valence-electron chi connectivity index (χ2n) is 9.25. The van der Waals surface area contributed by atoms with Gasteiger partial charge in [-0.25, -0.2) is 9.97 Å². The predicted molar refractivity (Wildman–Crippen MR) is 132 cm³/mol. The normalized spacial score (nSPS) is 17.4. The summed E-state index contributed by atoms with van der Waals surface area (Å²) in [5.41, 5.74) is 4.62. The fourth-order valence-electron chi connectivity index (χ4n) is 5.05. The van der Waals surface area contributed by atoms with E-state index in [1.807, 2.05) is 18.6 Å². The highest BCUT2D eigenvalue weighted by molar-refractivity contribution is 5.78. The molecule has 2 saturated heterocycles. The molecule has 0 amide bonds. The van der Waals surface area contributed by atoms with E-state index in [1.54, 1.807) is 0 Å². The second-order valence-corrected chi connectivity index (χ2v) is 9.25. The van der Waals surface area contributed by atoms with Crippen molar-refractivity contribution in [2.45, 2.75) is 31.6 Å². The van der Waals surface area contributed by atoms with Crippen molar-refractivity contribution < 1.29 is 0 Å². The van der Waals surface area contributed by atoms with Gasteiger partial charge in [-0.2, -0.15) is 0 Å². The first-order valence-corrected chi connectivity index (χ1v) is 11.8. The Hall–Kier alpha value is -3.54. The molecular formula is C27H28N6. The molecular weight excluding hydrogens is 408 g/mol. The summed E-state index contributed by atoms with van der Waals surface area (Å²) in [5, 5.41) is 1.21. The number of hydrogen-bond acceptors (Lipinski definition) is 6. The van der Waals surface area contributed by atoms with Crippen LogP contribution in [0.1, 0.15) is 41.6 Å². The van der Waals surface area contributed by atoms with Gasteiger partial charge in [0.1, 0.15) is 5.82 Å². The average Bonchev–Trinajstić information content (AvgIpc) is 2.84. The first-order chi connectivity index (χ1) is 16.2. The van der Waals surface area contributed by atoms with Crippen LogP contribution in [0, 0.1) is 6.92 Å². The molecule has 166 valence electrons. The predicted octanol–water partition coefficient (Wildman–Crippen LogP) is 4.72. The van der Waals surface area contributed by atoms with Crippen LogP contribution in [-0.4, -0.2) is 46.1 Å². The molecule has 0 aliphatic carbocycles. The van der Waals surface area contributed by atoms with Gasteiger partial charge in [0.05, 0.1) is 11.2 Å². The van der Waals surface area contributed by atoms with Gasteiger partial charge in [-0.15, -0.1) is 0 Å². The number of para-hydroxylation sites is 1. The minimum absolute atomic E-state index is 0.400. The molecule has 6 rings (SSSR count). The Morgan fingerprint density at radius 1 is 0.788 bits per heavy atom. The van der Waals surface area contributed by atoms with Gasteiger partial charge in [0.15, 0.2) is 5.82 Å². The van der Waals surface area contributed by atoms with Gasteiger partial charge in [-0.3, -0.25) is 9.97 Å². The Balaban J connectivity index is 1.13. The van der Waals surface area contributed by atoms with Gasteiger partial charge >= 0.3 is 0 Å². The molecule has 2 aliphatic heterocycles. The molecule has 3 aromatic heterocycles. The van der Waals surface area contributed by atoms with Crippen LogP contribution >= 0.6 is 0 Å². The summed E-state index contributed by atoms with van der Waals surface area (Å²) in [5.74, 6) is 3.00. The largest absolute Gasteiger partial charge is 0.355 e. The van der Waals surface area contributed by atoms with Crippen LogP contribution < -0.4 is 9.80 Å². The second kappa shape index (κ2) is 8.43. The molecule has 0 spiro atoms. The molecule has 33 heavy (non-hydrogen) atoms. The van der Waals surface area contributed by atoms with E-state index in [9.17, 15) is 0 Å². The Labute approximate surface area is 194 Å². The molecule has 0 atom stereocenters. The molecule has 0 radical (unpaired) electrons. The van der Waals surface area contributed by atoms with Crippen molar-refractivity contribution >= 4 is 22.5 Å². The van der Waals surface area contributed by atoms with E-state index in [0.717, 1.165) is 61.9 Å². The highest BCUT2D eigenvalue weighted by Gasteiger charge is 2.34. The van der Waals surface area contributed by atoms with E-state index in [2.05, 4.69) is 70.2 Å². The number of piperidine rings is 1. The zero-order chi connectivity index (χ0) is 22.2. The summed E-state index contributed by atoms with van der Waals surface area (Å²) in [4.78, 5) is 23.8. The minimum Gasteiger partial charge on any atom is -0.355 e. The lowest BCUT2D eigenvalue weighted by Gasteiger charge is -2.41. The van der Waals surface area contributed by atoms with Crippen LogP contribution in [0.5, 0.6) is 0 Å². The van der Waals surface area contributed by atoms with Crippen LogP contribution in [0.3, 0.4) is 0 Å². The number of rotatable bonds is 4. The molecule has 2 aliphatic rings. The molecule has 2 fully saturated rings. The quantitative estimate of drug-likeness (QED) is 0.462. The van der Waals surface area contributed by atoms with Crippen molar-refractivity contribution in [3.05, 3.63) is 84.1 Å². The van der Waals surface area contributed by atoms with Crippen molar-refractivity contribution in [1.29, 1.82) is 0 Å². The Morgan fingerprint density at radius 3 is 2.42 bits per heavy atom. The zero-order valence-electron chi connectivity index (χ0n) is 18.9. The van der Waals surface area contributed by atoms with E-state index in [1.165, 1.54) is 16.6 Å². The summed E-state index contributed by atoms with van der Waals surface area (Å²) >= 11 is 0. The van der Waals surface area contributed by atoms with Crippen molar-refractivity contribution in [3.63, 3.8) is 0 Å². The van der Waals surface area contributed by atoms with Gasteiger partial charge in [-0.05, 0) is 43.5 Å². The maximum absolute atomic E-state index is 4.95. The van der Waals surface area contributed by atoms with Gasteiger partial charge in [0.25, 0.3) is 0 Å². The van der Waals surface area contributed by atoms with Gasteiger partial charge in [0, 0.05) is 67.7 Å². The lowest BCUT2D eigenvalue weighted by molar-refractivity contribution is 0.480. The number of fused-ring (bicyclic) bond motifs is 1. The van der Waals surface area contributed by atoms with E-state index >= 15 is 0 Å². The molecule has 0 N–H and O–H groups in total. The van der Waals surface area contributed by atoms with Crippen LogP contribution in [0.25, 0.3) is 10.9 Å². The minimum atomic E-state index is 0.400. The summed E-state index contributed by atoms with van der Waals surface area (Å²) in [6.07, 6.45) is 7.77. The molecule has 0 unspecified atom stereocenters. The monoisotopic (exact) mass is 436 g/mol. The molecule has 5 heterocycles. The van der Waals surface area contributed by atoms with Gasteiger partial charge < -0.3 is 9.80 Å². The summed E-state index contributed by atoms with van der Waals surface area (Å²) in [6.45, 7) is 5.93. The van der Waals surface area contributed by atoms with Crippen molar-refractivity contribution in [2.75, 3.05) is 36.0 Å². The topological polar surface area (TPSA) is 58.0 Å². The number of benzene rings is 1. The van der Waals surface area contributed by atoms with E-state index in [4.69, 9.17) is 15.0 Å². The number of nitrogens with zero attached hydrogens (tertiary/aromatic N) is 6. The molecule has 0 saturated carbocycles. The Morgan fingerprint density at radius 2 is 1.61 bits per heavy atom. The first kappa shape index (κ1) is 20.1. The van der Waals surface area contributed by atoms with E-state index < -0.39 is 0 Å². The lowest BCUT2D eigenvalue weighted by atomic mass is 9.91. The van der Waals surface area contributed by atoms with E-state index in [0.29, 0.717) is 11.8 Å². The number of hydrogen-bond donors (Lipinski definition) is 0. The summed E-state index contributed by atoms with van der Waals surface area (Å²) < 4.78 is 0. The lowest BCUT2D eigenvalue weighted by Crippen LogP contribution is -2.47. The molecule has 6 heteroatoms. The van der Waals surface area contributed by atoms with Gasteiger partial charge in [0.2, 0.25) is 0 Å². The molecule has 1 aromatic carbocycles. The highest BCUT2D eigenvalue weighted by atomic mass is 15.3. The first-order valence-electron chi connectivity index (χ1n) is 11.8. The number of aryl methyl sites for hydroxylation is 1. The molecule has 0 bridgehead atoms. The van der Waals surface area contributed by atoms with Crippen molar-refractivity contribution in [3.8, 4) is 0 Å². The van der Waals surface area contributed by atoms with Crippen LogP contribution in [0.2, 0.25) is 0 Å². The summed E-state index contributed by atoms with van der Waals surface area (Å²) in [7, 11) is 0. The molecule has 4 aromatic rings.